The molecular formula is C25H23N3O5S2. The zero-order valence-electron chi connectivity index (χ0n) is 19.4. The number of thiophene rings is 1. The number of carbonyl (C=O) groups is 2. The second-order valence-corrected chi connectivity index (χ2v) is 8.83. The number of nitrogens with one attached hydrogen (secondary N) is 1. The molecule has 2 aromatic heterocycles. The van der Waals surface area contributed by atoms with Crippen LogP contribution in [0.25, 0.3) is 16.8 Å². The number of esters is 2. The molecule has 8 nitrogen and oxygen atoms in total. The third kappa shape index (κ3) is 5.95. The van der Waals surface area contributed by atoms with Crippen molar-refractivity contribution in [1.29, 1.82) is 5.26 Å². The van der Waals surface area contributed by atoms with Gasteiger partial charge >= 0.3 is 11.9 Å². The SMILES string of the molecule is C=CCOC(=O)c1sc(N/C=C(/C#N)c2nc(-c3cccc(OC)c3)cs2)c(C(=O)OCC)c1C. The number of nitrogens with zero attached hydrogens (tertiary/aromatic N) is 2. The minimum Gasteiger partial charge on any atom is -0.497 e. The van der Waals surface area contributed by atoms with Crippen molar-refractivity contribution >= 4 is 45.2 Å². The predicted molar refractivity (Wildman–Crippen MR) is 137 cm³/mol. The van der Waals surface area contributed by atoms with Crippen LogP contribution in [-0.2, 0) is 9.47 Å². The van der Waals surface area contributed by atoms with Gasteiger partial charge in [0.2, 0.25) is 0 Å². The number of allylic oxidation sites excluding steroid dienone is 1. The van der Waals surface area contributed by atoms with Crippen molar-refractivity contribution in [2.24, 2.45) is 0 Å². The lowest BCUT2D eigenvalue weighted by molar-refractivity contribution is 0.0527. The highest BCUT2D eigenvalue weighted by Gasteiger charge is 2.26. The van der Waals surface area contributed by atoms with Crippen LogP contribution >= 0.6 is 22.7 Å². The summed E-state index contributed by atoms with van der Waals surface area (Å²) in [6.07, 6.45) is 2.92. The Hall–Kier alpha value is -3.94. The van der Waals surface area contributed by atoms with Gasteiger partial charge in [0.25, 0.3) is 0 Å². The molecule has 0 atom stereocenters. The number of thiazole rings is 1. The Morgan fingerprint density at radius 1 is 1.29 bits per heavy atom. The van der Waals surface area contributed by atoms with Gasteiger partial charge in [-0.05, 0) is 31.5 Å². The van der Waals surface area contributed by atoms with E-state index < -0.39 is 11.9 Å². The molecule has 0 saturated carbocycles. The summed E-state index contributed by atoms with van der Waals surface area (Å²) in [6, 6.07) is 9.60. The Labute approximate surface area is 211 Å². The number of benzene rings is 1. The maximum atomic E-state index is 12.6. The van der Waals surface area contributed by atoms with Crippen LogP contribution in [0.15, 0.2) is 48.5 Å². The van der Waals surface area contributed by atoms with Gasteiger partial charge in [0, 0.05) is 17.1 Å². The molecule has 0 unspecified atom stereocenters. The lowest BCUT2D eigenvalue weighted by Crippen LogP contribution is -2.09. The van der Waals surface area contributed by atoms with Gasteiger partial charge in [-0.1, -0.05) is 24.8 Å². The molecule has 1 N–H and O–H groups in total. The number of hydrogen-bond acceptors (Lipinski definition) is 10. The number of carbonyl (C=O) groups excluding carboxylic acids is 2. The molecule has 0 aliphatic rings. The number of methoxy groups -OCH3 is 1. The van der Waals surface area contributed by atoms with E-state index >= 15 is 0 Å². The first-order valence-electron chi connectivity index (χ1n) is 10.5. The normalized spacial score (nSPS) is 10.9. The molecule has 0 aliphatic heterocycles. The highest BCUT2D eigenvalue weighted by molar-refractivity contribution is 7.18. The molecule has 35 heavy (non-hydrogen) atoms. The van der Waals surface area contributed by atoms with Gasteiger partial charge in [-0.2, -0.15) is 5.26 Å². The lowest BCUT2D eigenvalue weighted by atomic mass is 10.1. The van der Waals surface area contributed by atoms with Crippen molar-refractivity contribution in [3.63, 3.8) is 0 Å². The van der Waals surface area contributed by atoms with Crippen molar-refractivity contribution in [3.8, 4) is 23.1 Å². The first-order valence-corrected chi connectivity index (χ1v) is 12.2. The number of rotatable bonds is 10. The van der Waals surface area contributed by atoms with Crippen LogP contribution in [0.3, 0.4) is 0 Å². The van der Waals surface area contributed by atoms with Gasteiger partial charge in [0.05, 0.1) is 25.0 Å². The van der Waals surface area contributed by atoms with E-state index in [1.165, 1.54) is 23.6 Å². The van der Waals surface area contributed by atoms with Gasteiger partial charge in [-0.3, -0.25) is 0 Å². The fourth-order valence-electron chi connectivity index (χ4n) is 3.05. The van der Waals surface area contributed by atoms with Crippen LogP contribution in [-0.4, -0.2) is 37.2 Å². The van der Waals surface area contributed by atoms with Gasteiger partial charge in [-0.25, -0.2) is 14.6 Å². The number of nitriles is 1. The van der Waals surface area contributed by atoms with Crippen molar-refractivity contribution in [2.75, 3.05) is 25.6 Å². The molecule has 180 valence electrons. The molecule has 0 amide bonds. The third-order valence-electron chi connectivity index (χ3n) is 4.71. The molecule has 0 radical (unpaired) electrons. The minimum absolute atomic E-state index is 0.0474. The lowest BCUT2D eigenvalue weighted by Gasteiger charge is -2.05. The average molecular weight is 510 g/mol. The summed E-state index contributed by atoms with van der Waals surface area (Å²) in [5, 5.41) is 15.4. The molecule has 3 aromatic rings. The van der Waals surface area contributed by atoms with E-state index in [2.05, 4.69) is 22.9 Å². The molecule has 2 heterocycles. The third-order valence-corrected chi connectivity index (χ3v) is 6.79. The van der Waals surface area contributed by atoms with E-state index in [4.69, 9.17) is 14.2 Å². The van der Waals surface area contributed by atoms with Gasteiger partial charge in [0.15, 0.2) is 0 Å². The average Bonchev–Trinajstić information content (AvgIpc) is 3.48. The molecular weight excluding hydrogens is 486 g/mol. The maximum Gasteiger partial charge on any atom is 0.348 e. The van der Waals surface area contributed by atoms with Gasteiger partial charge in [-0.15, -0.1) is 22.7 Å². The number of hydrogen-bond donors (Lipinski definition) is 1. The van der Waals surface area contributed by atoms with Gasteiger partial charge in [0.1, 0.15) is 38.9 Å². The van der Waals surface area contributed by atoms with E-state index in [-0.39, 0.29) is 29.2 Å². The quantitative estimate of drug-likeness (QED) is 0.211. The summed E-state index contributed by atoms with van der Waals surface area (Å²) in [5.74, 6) is -0.442. The fraction of sp³-hybridized carbons (Fsp3) is 0.200. The Bertz CT molecular complexity index is 1320. The van der Waals surface area contributed by atoms with Crippen LogP contribution in [0.4, 0.5) is 5.00 Å². The highest BCUT2D eigenvalue weighted by atomic mass is 32.1. The van der Waals surface area contributed by atoms with E-state index in [0.717, 1.165) is 16.9 Å². The topological polar surface area (TPSA) is 111 Å². The standard InChI is InChI=1S/C25H23N3O5S2/c1-5-10-33-25(30)21-15(3)20(24(29)32-6-2)23(35-21)27-13-17(12-26)22-28-19(14-34-22)16-8-7-9-18(11-16)31-4/h5,7-9,11,13-14,27H,1,6,10H2,2-4H3/b17-13-. The monoisotopic (exact) mass is 509 g/mol. The molecule has 0 fully saturated rings. The number of aromatic nitrogens is 1. The minimum atomic E-state index is -0.576. The van der Waals surface area contributed by atoms with Crippen LogP contribution in [0, 0.1) is 18.3 Å². The molecule has 1 aromatic carbocycles. The number of ether oxygens (including phenoxy) is 3. The number of anilines is 1. The van der Waals surface area contributed by atoms with E-state index in [1.807, 2.05) is 29.6 Å². The molecule has 10 heteroatoms. The Kier molecular flexibility index (Phi) is 8.78. The molecule has 0 spiro atoms. The Morgan fingerprint density at radius 3 is 2.77 bits per heavy atom. The first kappa shape index (κ1) is 25.7. The summed E-state index contributed by atoms with van der Waals surface area (Å²) in [4.78, 5) is 29.9. The summed E-state index contributed by atoms with van der Waals surface area (Å²) < 4.78 is 15.6. The van der Waals surface area contributed by atoms with Crippen LogP contribution < -0.4 is 10.1 Å². The van der Waals surface area contributed by atoms with Gasteiger partial charge < -0.3 is 19.5 Å². The largest absolute Gasteiger partial charge is 0.497 e. The van der Waals surface area contributed by atoms with E-state index in [9.17, 15) is 14.9 Å². The second kappa shape index (κ2) is 12.0. The van der Waals surface area contributed by atoms with Crippen LogP contribution in [0.2, 0.25) is 0 Å². The molecule has 3 rings (SSSR count). The summed E-state index contributed by atoms with van der Waals surface area (Å²) in [7, 11) is 1.59. The zero-order chi connectivity index (χ0) is 25.4. The van der Waals surface area contributed by atoms with Crippen LogP contribution in [0.5, 0.6) is 5.75 Å². The van der Waals surface area contributed by atoms with E-state index in [1.54, 1.807) is 21.0 Å². The summed E-state index contributed by atoms with van der Waals surface area (Å²) in [5.41, 5.74) is 2.48. The van der Waals surface area contributed by atoms with Crippen molar-refractivity contribution in [3.05, 3.63) is 69.5 Å². The summed E-state index contributed by atoms with van der Waals surface area (Å²) >= 11 is 2.36. The smallest absolute Gasteiger partial charge is 0.348 e. The molecule has 0 bridgehead atoms. The summed E-state index contributed by atoms with van der Waals surface area (Å²) in [6.45, 7) is 7.10. The Balaban J connectivity index is 1.93. The van der Waals surface area contributed by atoms with Crippen molar-refractivity contribution in [1.82, 2.24) is 4.98 Å². The van der Waals surface area contributed by atoms with Crippen LogP contribution in [0.1, 0.15) is 37.5 Å². The molecule has 0 saturated heterocycles. The zero-order valence-corrected chi connectivity index (χ0v) is 21.0. The Morgan fingerprint density at radius 2 is 2.09 bits per heavy atom. The maximum absolute atomic E-state index is 12.6. The fourth-order valence-corrected chi connectivity index (χ4v) is 4.90. The predicted octanol–water partition coefficient (Wildman–Crippen LogP) is 5.68. The van der Waals surface area contributed by atoms with Crippen molar-refractivity contribution in [2.45, 2.75) is 13.8 Å². The highest BCUT2D eigenvalue weighted by Crippen LogP contribution is 2.35. The van der Waals surface area contributed by atoms with Crippen molar-refractivity contribution < 1.29 is 23.8 Å². The van der Waals surface area contributed by atoms with E-state index in [0.29, 0.717) is 27.0 Å². The second-order valence-electron chi connectivity index (χ2n) is 6.95. The first-order chi connectivity index (χ1) is 16.9. The molecule has 0 aliphatic carbocycles.